The molecule has 2 aromatic rings. The average Bonchev–Trinajstić information content (AvgIpc) is 2.55. The van der Waals surface area contributed by atoms with Gasteiger partial charge in [0.1, 0.15) is 5.75 Å². The molecule has 0 radical (unpaired) electrons. The van der Waals surface area contributed by atoms with Crippen molar-refractivity contribution in [2.75, 3.05) is 13.2 Å². The van der Waals surface area contributed by atoms with Crippen LogP contribution in [0.15, 0.2) is 64.4 Å². The lowest BCUT2D eigenvalue weighted by atomic mass is 10.3. The minimum atomic E-state index is -3.85. The molecule has 0 bridgehead atoms. The number of nitrogens with one attached hydrogen (secondary N) is 1. The number of nitrogens with two attached hydrogens (primary N) is 1. The Balaban J connectivity index is 1.85. The van der Waals surface area contributed by atoms with Gasteiger partial charge in [-0.25, -0.2) is 26.7 Å². The minimum absolute atomic E-state index is 0.0288. The van der Waals surface area contributed by atoms with Gasteiger partial charge in [-0.2, -0.15) is 0 Å². The second-order valence-corrected chi connectivity index (χ2v) is 8.26. The molecule has 2 rings (SSSR count). The fourth-order valence-electron chi connectivity index (χ4n) is 1.88. The minimum Gasteiger partial charge on any atom is -0.494 e. The Kier molecular flexibility index (Phi) is 5.94. The van der Waals surface area contributed by atoms with Crippen LogP contribution in [0.2, 0.25) is 0 Å². The molecular formula is C15H18N2O5S2. The molecule has 0 aliphatic rings. The number of ether oxygens (including phenoxy) is 1. The molecule has 9 heteroatoms. The number of rotatable bonds is 8. The summed E-state index contributed by atoms with van der Waals surface area (Å²) in [5.74, 6) is 0.721. The quantitative estimate of drug-likeness (QED) is 0.675. The van der Waals surface area contributed by atoms with Gasteiger partial charge in [-0.3, -0.25) is 0 Å². The summed E-state index contributed by atoms with van der Waals surface area (Å²) >= 11 is 0. The number of hydrogen-bond donors (Lipinski definition) is 2. The molecule has 0 atom stereocenters. The maximum Gasteiger partial charge on any atom is 0.240 e. The smallest absolute Gasteiger partial charge is 0.240 e. The lowest BCUT2D eigenvalue weighted by Crippen LogP contribution is -2.26. The van der Waals surface area contributed by atoms with Gasteiger partial charge in [-0.15, -0.1) is 0 Å². The lowest BCUT2D eigenvalue weighted by Gasteiger charge is -2.08. The Morgan fingerprint density at radius 3 is 2.04 bits per heavy atom. The molecule has 130 valence electrons. The third kappa shape index (κ3) is 5.31. The number of sulfonamides is 2. The van der Waals surface area contributed by atoms with Crippen LogP contribution >= 0.6 is 0 Å². The van der Waals surface area contributed by atoms with Crippen molar-refractivity contribution in [2.45, 2.75) is 16.2 Å². The topological polar surface area (TPSA) is 116 Å². The molecule has 24 heavy (non-hydrogen) atoms. The first kappa shape index (κ1) is 18.4. The SMILES string of the molecule is NS(=O)(=O)c1ccc(S(=O)(=O)NCCCOc2ccccc2)cc1. The van der Waals surface area contributed by atoms with Gasteiger partial charge in [0.05, 0.1) is 16.4 Å². The summed E-state index contributed by atoms with van der Waals surface area (Å²) in [4.78, 5) is -0.170. The molecule has 0 fully saturated rings. The predicted octanol–water partition coefficient (Wildman–Crippen LogP) is 1.08. The maximum absolute atomic E-state index is 12.1. The van der Waals surface area contributed by atoms with E-state index in [1.165, 1.54) is 12.1 Å². The van der Waals surface area contributed by atoms with Crippen molar-refractivity contribution < 1.29 is 21.6 Å². The largest absolute Gasteiger partial charge is 0.494 e. The van der Waals surface area contributed by atoms with Crippen LogP contribution in [0.3, 0.4) is 0 Å². The third-order valence-corrected chi connectivity index (χ3v) is 5.49. The van der Waals surface area contributed by atoms with Gasteiger partial charge in [0.15, 0.2) is 0 Å². The summed E-state index contributed by atoms with van der Waals surface area (Å²) in [7, 11) is -7.56. The van der Waals surface area contributed by atoms with Crippen LogP contribution in [-0.2, 0) is 20.0 Å². The van der Waals surface area contributed by atoms with Gasteiger partial charge in [-0.05, 0) is 42.8 Å². The summed E-state index contributed by atoms with van der Waals surface area (Å²) in [5, 5.41) is 4.97. The predicted molar refractivity (Wildman–Crippen MR) is 89.6 cm³/mol. The van der Waals surface area contributed by atoms with E-state index in [1.54, 1.807) is 0 Å². The molecule has 0 saturated carbocycles. The van der Waals surface area contributed by atoms with E-state index in [-0.39, 0.29) is 16.3 Å². The van der Waals surface area contributed by atoms with Crippen molar-refractivity contribution in [3.05, 3.63) is 54.6 Å². The number of primary sulfonamides is 1. The van der Waals surface area contributed by atoms with Crippen LogP contribution in [0.25, 0.3) is 0 Å². The van der Waals surface area contributed by atoms with Crippen LogP contribution < -0.4 is 14.6 Å². The zero-order valence-corrected chi connectivity index (χ0v) is 14.4. The molecule has 2 aromatic carbocycles. The summed E-state index contributed by atoms with van der Waals surface area (Å²) in [5.41, 5.74) is 0. The Labute approximate surface area is 141 Å². The monoisotopic (exact) mass is 370 g/mol. The highest BCUT2D eigenvalue weighted by molar-refractivity contribution is 7.89. The molecule has 0 amide bonds. The average molecular weight is 370 g/mol. The van der Waals surface area contributed by atoms with Gasteiger partial charge in [-0.1, -0.05) is 18.2 Å². The first-order chi connectivity index (χ1) is 11.3. The fourth-order valence-corrected chi connectivity index (χ4v) is 3.47. The van der Waals surface area contributed by atoms with Gasteiger partial charge >= 0.3 is 0 Å². The van der Waals surface area contributed by atoms with Crippen molar-refractivity contribution in [3.63, 3.8) is 0 Å². The normalized spacial score (nSPS) is 12.0. The highest BCUT2D eigenvalue weighted by atomic mass is 32.2. The number of benzene rings is 2. The fraction of sp³-hybridized carbons (Fsp3) is 0.200. The second-order valence-electron chi connectivity index (χ2n) is 4.93. The van der Waals surface area contributed by atoms with Gasteiger partial charge in [0.2, 0.25) is 20.0 Å². The van der Waals surface area contributed by atoms with E-state index in [1.807, 2.05) is 30.3 Å². The zero-order chi connectivity index (χ0) is 17.6. The molecule has 0 aliphatic carbocycles. The first-order valence-corrected chi connectivity index (χ1v) is 10.1. The Morgan fingerprint density at radius 1 is 0.875 bits per heavy atom. The van der Waals surface area contributed by atoms with Crippen LogP contribution in [0, 0.1) is 0 Å². The summed E-state index contributed by atoms with van der Waals surface area (Å²) in [6.07, 6.45) is 0.489. The van der Waals surface area contributed by atoms with E-state index in [4.69, 9.17) is 9.88 Å². The Morgan fingerprint density at radius 2 is 1.46 bits per heavy atom. The standard InChI is InChI=1S/C15H18N2O5S2/c16-23(18,19)14-7-9-15(10-8-14)24(20,21)17-11-4-12-22-13-5-2-1-3-6-13/h1-3,5-10,17H,4,11-12H2,(H2,16,18,19). The van der Waals surface area contributed by atoms with Crippen LogP contribution in [-0.4, -0.2) is 30.0 Å². The molecule has 0 unspecified atom stereocenters. The van der Waals surface area contributed by atoms with Crippen molar-refractivity contribution in [1.29, 1.82) is 0 Å². The molecular weight excluding hydrogens is 352 g/mol. The van der Waals surface area contributed by atoms with Crippen LogP contribution in [0.1, 0.15) is 6.42 Å². The van der Waals surface area contributed by atoms with Crippen molar-refractivity contribution in [3.8, 4) is 5.75 Å². The van der Waals surface area contributed by atoms with Crippen LogP contribution in [0.5, 0.6) is 5.75 Å². The molecule has 0 aliphatic heterocycles. The summed E-state index contributed by atoms with van der Waals surface area (Å²) in [6.45, 7) is 0.572. The lowest BCUT2D eigenvalue weighted by molar-refractivity contribution is 0.311. The van der Waals surface area contributed by atoms with Crippen molar-refractivity contribution in [2.24, 2.45) is 5.14 Å². The van der Waals surface area contributed by atoms with E-state index < -0.39 is 20.0 Å². The molecule has 0 saturated heterocycles. The zero-order valence-electron chi connectivity index (χ0n) is 12.8. The Hall–Kier alpha value is -1.94. The highest BCUT2D eigenvalue weighted by Gasteiger charge is 2.15. The number of hydrogen-bond acceptors (Lipinski definition) is 5. The molecule has 7 nitrogen and oxygen atoms in total. The van der Waals surface area contributed by atoms with Gasteiger partial charge in [0, 0.05) is 6.54 Å². The van der Waals surface area contributed by atoms with Crippen molar-refractivity contribution >= 4 is 20.0 Å². The number of para-hydroxylation sites is 1. The molecule has 0 spiro atoms. The van der Waals surface area contributed by atoms with Gasteiger partial charge in [0.25, 0.3) is 0 Å². The van der Waals surface area contributed by atoms with E-state index in [9.17, 15) is 16.8 Å². The van der Waals surface area contributed by atoms with E-state index in [2.05, 4.69) is 4.72 Å². The van der Waals surface area contributed by atoms with Crippen LogP contribution in [0.4, 0.5) is 0 Å². The Bertz CT molecular complexity index is 864. The summed E-state index contributed by atoms with van der Waals surface area (Å²) in [6, 6.07) is 13.9. The molecule has 3 N–H and O–H groups in total. The second kappa shape index (κ2) is 7.75. The van der Waals surface area contributed by atoms with E-state index in [0.29, 0.717) is 13.0 Å². The maximum atomic E-state index is 12.1. The highest BCUT2D eigenvalue weighted by Crippen LogP contribution is 2.13. The van der Waals surface area contributed by atoms with E-state index >= 15 is 0 Å². The van der Waals surface area contributed by atoms with E-state index in [0.717, 1.165) is 17.9 Å². The summed E-state index contributed by atoms with van der Waals surface area (Å²) < 4.78 is 54.4. The van der Waals surface area contributed by atoms with Crippen molar-refractivity contribution in [1.82, 2.24) is 4.72 Å². The third-order valence-electron chi connectivity index (χ3n) is 3.09. The molecule has 0 heterocycles. The first-order valence-electron chi connectivity index (χ1n) is 7.09. The molecule has 0 aromatic heterocycles. The van der Waals surface area contributed by atoms with Gasteiger partial charge < -0.3 is 4.74 Å².